The lowest BCUT2D eigenvalue weighted by atomic mass is 10.2. The summed E-state index contributed by atoms with van der Waals surface area (Å²) in [6.07, 6.45) is 0. The predicted molar refractivity (Wildman–Crippen MR) is 75.1 cm³/mol. The largest absolute Gasteiger partial charge is 0.384 e. The normalized spacial score (nSPS) is 11.6. The molecule has 0 bridgehead atoms. The van der Waals surface area contributed by atoms with Crippen LogP contribution in [0.4, 0.5) is 4.39 Å². The second-order valence-electron chi connectivity index (χ2n) is 4.40. The van der Waals surface area contributed by atoms with Crippen molar-refractivity contribution in [2.75, 3.05) is 13.2 Å². The molecule has 0 aromatic heterocycles. The van der Waals surface area contributed by atoms with Crippen molar-refractivity contribution in [3.8, 4) is 11.8 Å². The van der Waals surface area contributed by atoms with Gasteiger partial charge in [0.1, 0.15) is 12.4 Å². The van der Waals surface area contributed by atoms with E-state index in [0.29, 0.717) is 6.54 Å². The molecule has 0 heterocycles. The Hall–Kier alpha value is -1.42. The second kappa shape index (κ2) is 6.84. The van der Waals surface area contributed by atoms with Gasteiger partial charge in [0, 0.05) is 18.2 Å². The lowest BCUT2D eigenvalue weighted by Crippen LogP contribution is -2.37. The maximum Gasteiger partial charge on any atom is 0.244 e. The number of aliphatic hydroxyl groups excluding tert-OH is 1. The van der Waals surface area contributed by atoms with Gasteiger partial charge in [-0.1, -0.05) is 18.8 Å². The summed E-state index contributed by atoms with van der Waals surface area (Å²) in [6.45, 7) is 5.16. The first-order chi connectivity index (χ1) is 9.34. The fourth-order valence-corrected chi connectivity index (χ4v) is 3.67. The summed E-state index contributed by atoms with van der Waals surface area (Å²) in [5.41, 5.74) is 0.0538. The van der Waals surface area contributed by atoms with Gasteiger partial charge in [-0.3, -0.25) is 0 Å². The van der Waals surface area contributed by atoms with Crippen LogP contribution >= 0.6 is 0 Å². The second-order valence-corrected chi connectivity index (χ2v) is 6.26. The monoisotopic (exact) mass is 299 g/mol. The number of rotatable bonds is 4. The quantitative estimate of drug-likeness (QED) is 0.859. The molecule has 110 valence electrons. The summed E-state index contributed by atoms with van der Waals surface area (Å²) in [4.78, 5) is -0.0459. The molecule has 0 aliphatic heterocycles. The summed E-state index contributed by atoms with van der Waals surface area (Å²) in [5, 5.41) is 8.71. The molecular weight excluding hydrogens is 281 g/mol. The van der Waals surface area contributed by atoms with Gasteiger partial charge in [-0.25, -0.2) is 12.8 Å². The van der Waals surface area contributed by atoms with Gasteiger partial charge >= 0.3 is 0 Å². The third kappa shape index (κ3) is 3.57. The van der Waals surface area contributed by atoms with Gasteiger partial charge in [-0.2, -0.15) is 4.31 Å². The zero-order chi connectivity index (χ0) is 15.3. The van der Waals surface area contributed by atoms with E-state index < -0.39 is 22.4 Å². The van der Waals surface area contributed by atoms with Crippen molar-refractivity contribution >= 4 is 10.0 Å². The number of halogens is 1. The molecule has 1 aromatic rings. The first kappa shape index (κ1) is 16.6. The van der Waals surface area contributed by atoms with E-state index >= 15 is 0 Å². The molecule has 0 saturated heterocycles. The first-order valence-electron chi connectivity index (χ1n) is 6.25. The highest BCUT2D eigenvalue weighted by molar-refractivity contribution is 7.89. The van der Waals surface area contributed by atoms with Crippen molar-refractivity contribution in [2.45, 2.75) is 31.7 Å². The Morgan fingerprint density at radius 1 is 1.40 bits per heavy atom. The van der Waals surface area contributed by atoms with E-state index in [1.54, 1.807) is 20.8 Å². The van der Waals surface area contributed by atoms with Crippen LogP contribution in [0, 0.1) is 17.7 Å². The van der Waals surface area contributed by atoms with Crippen molar-refractivity contribution in [3.63, 3.8) is 0 Å². The highest BCUT2D eigenvalue weighted by atomic mass is 32.2. The molecule has 0 unspecified atom stereocenters. The molecule has 0 saturated carbocycles. The van der Waals surface area contributed by atoms with Crippen molar-refractivity contribution in [3.05, 3.63) is 29.6 Å². The van der Waals surface area contributed by atoms with Gasteiger partial charge in [-0.15, -0.1) is 0 Å². The number of benzene rings is 1. The molecule has 6 heteroatoms. The first-order valence-corrected chi connectivity index (χ1v) is 7.69. The van der Waals surface area contributed by atoms with Gasteiger partial charge in [0.15, 0.2) is 0 Å². The Kier molecular flexibility index (Phi) is 5.69. The molecule has 1 N–H and O–H groups in total. The maximum atomic E-state index is 13.3. The van der Waals surface area contributed by atoms with E-state index in [2.05, 4.69) is 11.8 Å². The molecule has 0 aliphatic carbocycles. The minimum absolute atomic E-state index is 0.0459. The van der Waals surface area contributed by atoms with E-state index in [4.69, 9.17) is 5.11 Å². The number of sulfonamides is 1. The van der Waals surface area contributed by atoms with Crippen LogP contribution in [0.5, 0.6) is 0 Å². The van der Waals surface area contributed by atoms with Crippen LogP contribution in [0.3, 0.4) is 0 Å². The zero-order valence-corrected chi connectivity index (χ0v) is 12.5. The smallest absolute Gasteiger partial charge is 0.244 e. The molecule has 20 heavy (non-hydrogen) atoms. The molecule has 4 nitrogen and oxygen atoms in total. The van der Waals surface area contributed by atoms with E-state index in [-0.39, 0.29) is 16.5 Å². The summed E-state index contributed by atoms with van der Waals surface area (Å²) in [7, 11) is -3.75. The van der Waals surface area contributed by atoms with Crippen molar-refractivity contribution < 1.29 is 17.9 Å². The Bertz CT molecular complexity index is 630. The Balaban J connectivity index is 3.45. The predicted octanol–water partition coefficient (Wildman–Crippen LogP) is 1.59. The van der Waals surface area contributed by atoms with Crippen LogP contribution in [0.25, 0.3) is 0 Å². The van der Waals surface area contributed by atoms with Crippen LogP contribution in [0.15, 0.2) is 23.1 Å². The third-order valence-electron chi connectivity index (χ3n) is 2.72. The number of hydrogen-bond donors (Lipinski definition) is 1. The van der Waals surface area contributed by atoms with Crippen LogP contribution in [-0.2, 0) is 10.0 Å². The summed E-state index contributed by atoms with van der Waals surface area (Å²) in [5.74, 6) is 4.26. The Labute approximate surface area is 119 Å². The van der Waals surface area contributed by atoms with Gasteiger partial charge in [-0.05, 0) is 32.0 Å². The molecule has 0 atom stereocenters. The molecule has 1 rings (SSSR count). The van der Waals surface area contributed by atoms with Gasteiger partial charge in [0.05, 0.1) is 4.90 Å². The van der Waals surface area contributed by atoms with E-state index in [1.165, 1.54) is 10.4 Å². The summed E-state index contributed by atoms with van der Waals surface area (Å²) >= 11 is 0. The van der Waals surface area contributed by atoms with Crippen molar-refractivity contribution in [1.29, 1.82) is 0 Å². The van der Waals surface area contributed by atoms with E-state index in [1.807, 2.05) is 0 Å². The summed E-state index contributed by atoms with van der Waals surface area (Å²) < 4.78 is 39.7. The highest BCUT2D eigenvalue weighted by Gasteiger charge is 2.27. The molecule has 0 radical (unpaired) electrons. The molecule has 0 fully saturated rings. The third-order valence-corrected chi connectivity index (χ3v) is 4.93. The molecule has 0 amide bonds. The Morgan fingerprint density at radius 3 is 2.55 bits per heavy atom. The topological polar surface area (TPSA) is 57.6 Å². The van der Waals surface area contributed by atoms with Crippen LogP contribution in [0.1, 0.15) is 26.3 Å². The minimum Gasteiger partial charge on any atom is -0.384 e. The lowest BCUT2D eigenvalue weighted by Gasteiger charge is -2.24. The van der Waals surface area contributed by atoms with E-state index in [9.17, 15) is 12.8 Å². The fourth-order valence-electron chi connectivity index (χ4n) is 1.90. The summed E-state index contributed by atoms with van der Waals surface area (Å²) in [6, 6.07) is 3.14. The number of hydrogen-bond acceptors (Lipinski definition) is 3. The van der Waals surface area contributed by atoms with Crippen molar-refractivity contribution in [1.82, 2.24) is 4.31 Å². The van der Waals surface area contributed by atoms with Gasteiger partial charge < -0.3 is 5.11 Å². The van der Waals surface area contributed by atoms with Crippen LogP contribution in [0.2, 0.25) is 0 Å². The number of nitrogens with zero attached hydrogens (tertiary/aromatic N) is 1. The van der Waals surface area contributed by atoms with Crippen molar-refractivity contribution in [2.24, 2.45) is 0 Å². The molecular formula is C14H18FNO3S. The standard InChI is InChI=1S/C14H18FNO3S/c1-4-16(11(2)3)20(18,19)14-8-7-13(15)10-12(14)6-5-9-17/h7-8,10-11,17H,4,9H2,1-3H3. The maximum absolute atomic E-state index is 13.3. The van der Waals surface area contributed by atoms with E-state index in [0.717, 1.165) is 12.1 Å². The molecule has 1 aromatic carbocycles. The number of aliphatic hydroxyl groups is 1. The van der Waals surface area contributed by atoms with Crippen LogP contribution in [-0.4, -0.2) is 37.0 Å². The molecule has 0 spiro atoms. The fraction of sp³-hybridized carbons (Fsp3) is 0.429. The molecule has 0 aliphatic rings. The minimum atomic E-state index is -3.75. The average Bonchev–Trinajstić information content (AvgIpc) is 2.35. The highest BCUT2D eigenvalue weighted by Crippen LogP contribution is 2.22. The Morgan fingerprint density at radius 2 is 2.05 bits per heavy atom. The lowest BCUT2D eigenvalue weighted by molar-refractivity contribution is 0.350. The van der Waals surface area contributed by atoms with Gasteiger partial charge in [0.2, 0.25) is 10.0 Å². The SMILES string of the molecule is CCN(C(C)C)S(=O)(=O)c1ccc(F)cc1C#CCO. The van der Waals surface area contributed by atoms with Gasteiger partial charge in [0.25, 0.3) is 0 Å². The zero-order valence-electron chi connectivity index (χ0n) is 11.7. The van der Waals surface area contributed by atoms with Crippen LogP contribution < -0.4 is 0 Å². The average molecular weight is 299 g/mol.